The lowest BCUT2D eigenvalue weighted by atomic mass is 10.0. The molecule has 2 aliphatic heterocycles. The maximum Gasteiger partial charge on any atom is 0.274 e. The molecule has 2 atom stereocenters. The van der Waals surface area contributed by atoms with Gasteiger partial charge in [0, 0.05) is 44.5 Å². The number of ether oxygens (including phenoxy) is 1. The number of amides is 2. The van der Waals surface area contributed by atoms with Crippen LogP contribution in [-0.4, -0.2) is 76.7 Å². The minimum atomic E-state index is -0.216. The second kappa shape index (κ2) is 9.23. The number of likely N-dealkylation sites (tertiary alicyclic amines) is 2. The Labute approximate surface area is 192 Å². The van der Waals surface area contributed by atoms with Crippen LogP contribution in [0, 0.1) is 0 Å². The molecule has 3 heterocycles. The van der Waals surface area contributed by atoms with Gasteiger partial charge in [0.05, 0.1) is 11.6 Å². The van der Waals surface area contributed by atoms with Crippen molar-refractivity contribution in [2.75, 3.05) is 26.7 Å². The van der Waals surface area contributed by atoms with Crippen molar-refractivity contribution in [2.24, 2.45) is 0 Å². The van der Waals surface area contributed by atoms with Crippen LogP contribution in [0.4, 0.5) is 0 Å². The molecule has 2 amide bonds. The van der Waals surface area contributed by atoms with Crippen molar-refractivity contribution in [2.45, 2.75) is 37.5 Å². The van der Waals surface area contributed by atoms with E-state index in [4.69, 9.17) is 4.74 Å². The smallest absolute Gasteiger partial charge is 0.274 e. The van der Waals surface area contributed by atoms with E-state index in [0.717, 1.165) is 29.5 Å². The Kier molecular flexibility index (Phi) is 6.00. The lowest BCUT2D eigenvalue weighted by Gasteiger charge is -2.38. The molecule has 0 aliphatic carbocycles. The lowest BCUT2D eigenvalue weighted by Crippen LogP contribution is -2.51. The van der Waals surface area contributed by atoms with E-state index in [9.17, 15) is 9.59 Å². The zero-order valence-electron chi connectivity index (χ0n) is 18.7. The molecule has 2 aliphatic rings. The summed E-state index contributed by atoms with van der Waals surface area (Å²) >= 11 is 0. The van der Waals surface area contributed by atoms with E-state index in [2.05, 4.69) is 20.4 Å². The average Bonchev–Trinajstić information content (AvgIpc) is 3.48. The molecule has 3 aromatic rings. The first kappa shape index (κ1) is 21.5. The molecule has 5 rings (SSSR count). The Hall–Kier alpha value is -3.39. The SMILES string of the molecule is CNC(=O)[C@@H]1C[C@H](Oc2ccccc2)CN1C1CCN(C(=O)c2n[nH]c3ccccc23)CC1. The van der Waals surface area contributed by atoms with Crippen molar-refractivity contribution in [1.82, 2.24) is 25.3 Å². The van der Waals surface area contributed by atoms with Crippen molar-refractivity contribution >= 4 is 22.7 Å². The van der Waals surface area contributed by atoms with Gasteiger partial charge in [0.2, 0.25) is 5.91 Å². The van der Waals surface area contributed by atoms with E-state index >= 15 is 0 Å². The van der Waals surface area contributed by atoms with Gasteiger partial charge in [-0.3, -0.25) is 19.6 Å². The lowest BCUT2D eigenvalue weighted by molar-refractivity contribution is -0.126. The first-order chi connectivity index (χ1) is 16.1. The van der Waals surface area contributed by atoms with Crippen LogP contribution in [0.25, 0.3) is 10.9 Å². The first-order valence-corrected chi connectivity index (χ1v) is 11.6. The maximum absolute atomic E-state index is 13.1. The molecule has 0 saturated carbocycles. The average molecular weight is 448 g/mol. The molecule has 2 aromatic carbocycles. The van der Waals surface area contributed by atoms with Gasteiger partial charge < -0.3 is 15.0 Å². The number of H-pyrrole nitrogens is 1. The molecule has 0 spiro atoms. The van der Waals surface area contributed by atoms with Crippen molar-refractivity contribution in [3.63, 3.8) is 0 Å². The number of carbonyl (C=O) groups is 2. The van der Waals surface area contributed by atoms with Gasteiger partial charge in [-0.25, -0.2) is 0 Å². The minimum Gasteiger partial charge on any atom is -0.489 e. The van der Waals surface area contributed by atoms with Crippen LogP contribution in [0.1, 0.15) is 29.8 Å². The summed E-state index contributed by atoms with van der Waals surface area (Å²) < 4.78 is 6.17. The number of carbonyl (C=O) groups excluding carboxylic acids is 2. The number of piperidine rings is 1. The van der Waals surface area contributed by atoms with Crippen LogP contribution < -0.4 is 10.1 Å². The third-order valence-electron chi connectivity index (χ3n) is 6.79. The third kappa shape index (κ3) is 4.30. The largest absolute Gasteiger partial charge is 0.489 e. The summed E-state index contributed by atoms with van der Waals surface area (Å²) in [6, 6.07) is 17.5. The van der Waals surface area contributed by atoms with Gasteiger partial charge in [0.25, 0.3) is 5.91 Å². The molecule has 172 valence electrons. The van der Waals surface area contributed by atoms with E-state index in [1.54, 1.807) is 7.05 Å². The van der Waals surface area contributed by atoms with Gasteiger partial charge in [0.15, 0.2) is 5.69 Å². The normalized spacial score (nSPS) is 21.9. The summed E-state index contributed by atoms with van der Waals surface area (Å²) in [5, 5.41) is 10.9. The molecule has 1 aromatic heterocycles. The number of hydrogen-bond acceptors (Lipinski definition) is 5. The maximum atomic E-state index is 13.1. The van der Waals surface area contributed by atoms with Gasteiger partial charge in [0.1, 0.15) is 11.9 Å². The minimum absolute atomic E-state index is 0.0238. The number of fused-ring (bicyclic) bond motifs is 1. The quantitative estimate of drug-likeness (QED) is 0.627. The number of hydrogen-bond donors (Lipinski definition) is 2. The van der Waals surface area contributed by atoms with Crippen LogP contribution in [0.15, 0.2) is 54.6 Å². The Morgan fingerprint density at radius 2 is 1.79 bits per heavy atom. The summed E-state index contributed by atoms with van der Waals surface area (Å²) in [5.41, 5.74) is 1.34. The molecule has 8 heteroatoms. The van der Waals surface area contributed by atoms with Crippen molar-refractivity contribution in [3.8, 4) is 5.75 Å². The zero-order chi connectivity index (χ0) is 22.8. The van der Waals surface area contributed by atoms with Crippen LogP contribution in [0.3, 0.4) is 0 Å². The molecule has 8 nitrogen and oxygen atoms in total. The summed E-state index contributed by atoms with van der Waals surface area (Å²) in [5.74, 6) is 0.808. The highest BCUT2D eigenvalue weighted by molar-refractivity contribution is 6.04. The Morgan fingerprint density at radius 1 is 1.06 bits per heavy atom. The Balaban J connectivity index is 1.25. The second-order valence-electron chi connectivity index (χ2n) is 8.76. The molecule has 2 fully saturated rings. The van der Waals surface area contributed by atoms with Crippen LogP contribution >= 0.6 is 0 Å². The number of likely N-dealkylation sites (N-methyl/N-ethyl adjacent to an activating group) is 1. The number of para-hydroxylation sites is 2. The Morgan fingerprint density at radius 3 is 2.55 bits per heavy atom. The number of rotatable bonds is 5. The highest BCUT2D eigenvalue weighted by Crippen LogP contribution is 2.29. The van der Waals surface area contributed by atoms with Crippen LogP contribution in [0.5, 0.6) is 5.75 Å². The number of benzene rings is 2. The fourth-order valence-electron chi connectivity index (χ4n) is 5.10. The summed E-state index contributed by atoms with van der Waals surface area (Å²) in [6.45, 7) is 1.99. The Bertz CT molecular complexity index is 1120. The van der Waals surface area contributed by atoms with Gasteiger partial charge in [-0.05, 0) is 31.0 Å². The van der Waals surface area contributed by atoms with Crippen LogP contribution in [0.2, 0.25) is 0 Å². The fraction of sp³-hybridized carbons (Fsp3) is 0.400. The number of aromatic amines is 1. The molecule has 0 unspecified atom stereocenters. The standard InChI is InChI=1S/C25H29N5O3/c1-26-24(31)22-15-19(33-18-7-3-2-4-8-18)16-30(22)17-11-13-29(14-12-17)25(32)23-20-9-5-6-10-21(20)27-28-23/h2-10,17,19,22H,11-16H2,1H3,(H,26,31)(H,27,28)/t19-,22-/m0/s1. The van der Waals surface area contributed by atoms with Crippen molar-refractivity contribution in [3.05, 3.63) is 60.3 Å². The predicted molar refractivity (Wildman–Crippen MR) is 125 cm³/mol. The van der Waals surface area contributed by atoms with Crippen molar-refractivity contribution in [1.29, 1.82) is 0 Å². The monoisotopic (exact) mass is 447 g/mol. The van der Waals surface area contributed by atoms with Gasteiger partial charge in [-0.15, -0.1) is 0 Å². The van der Waals surface area contributed by atoms with Crippen LogP contribution in [-0.2, 0) is 4.79 Å². The molecule has 33 heavy (non-hydrogen) atoms. The highest BCUT2D eigenvalue weighted by Gasteiger charge is 2.42. The van der Waals surface area contributed by atoms with Gasteiger partial charge in [-0.1, -0.05) is 36.4 Å². The van der Waals surface area contributed by atoms with E-state index in [1.807, 2.05) is 59.5 Å². The number of nitrogens with one attached hydrogen (secondary N) is 2. The molecule has 0 bridgehead atoms. The summed E-state index contributed by atoms with van der Waals surface area (Å²) in [6.07, 6.45) is 2.26. The second-order valence-corrected chi connectivity index (χ2v) is 8.76. The molecule has 2 N–H and O–H groups in total. The van der Waals surface area contributed by atoms with E-state index < -0.39 is 0 Å². The van der Waals surface area contributed by atoms with Crippen molar-refractivity contribution < 1.29 is 14.3 Å². The summed E-state index contributed by atoms with van der Waals surface area (Å²) in [7, 11) is 1.68. The van der Waals surface area contributed by atoms with E-state index in [1.165, 1.54) is 0 Å². The zero-order valence-corrected chi connectivity index (χ0v) is 18.7. The molecular weight excluding hydrogens is 418 g/mol. The summed E-state index contributed by atoms with van der Waals surface area (Å²) in [4.78, 5) is 29.9. The predicted octanol–water partition coefficient (Wildman–Crippen LogP) is 2.44. The number of aromatic nitrogens is 2. The molecule has 0 radical (unpaired) electrons. The topological polar surface area (TPSA) is 90.6 Å². The number of nitrogens with zero attached hydrogens (tertiary/aromatic N) is 3. The van der Waals surface area contributed by atoms with E-state index in [0.29, 0.717) is 31.7 Å². The van der Waals surface area contributed by atoms with E-state index in [-0.39, 0.29) is 30.0 Å². The third-order valence-corrected chi connectivity index (χ3v) is 6.79. The highest BCUT2D eigenvalue weighted by atomic mass is 16.5. The molecule has 2 saturated heterocycles. The van der Waals surface area contributed by atoms with Gasteiger partial charge >= 0.3 is 0 Å². The molecular formula is C25H29N5O3. The van der Waals surface area contributed by atoms with Gasteiger partial charge in [-0.2, -0.15) is 5.10 Å². The fourth-order valence-corrected chi connectivity index (χ4v) is 5.10. The first-order valence-electron chi connectivity index (χ1n) is 11.6.